The standard InChI is InChI=1S/C12H17BrO2/c1-3-12(14,4-2)10-5-7-11(8-6-10)15-9-13/h5-8,14H,3-4,9H2,1-2H3. The van der Waals surface area contributed by atoms with Crippen molar-refractivity contribution in [2.45, 2.75) is 32.3 Å². The lowest BCUT2D eigenvalue weighted by molar-refractivity contribution is 0.0283. The van der Waals surface area contributed by atoms with Gasteiger partial charge in [-0.3, -0.25) is 0 Å². The third-order valence-electron chi connectivity index (χ3n) is 2.78. The Labute approximate surface area is 99.4 Å². The Bertz CT molecular complexity index is 291. The fraction of sp³-hybridized carbons (Fsp3) is 0.500. The van der Waals surface area contributed by atoms with Crippen LogP contribution in [0.4, 0.5) is 0 Å². The zero-order chi connectivity index (χ0) is 11.3. The number of alkyl halides is 1. The second-order valence-electron chi connectivity index (χ2n) is 3.52. The lowest BCUT2D eigenvalue weighted by Gasteiger charge is -2.25. The summed E-state index contributed by atoms with van der Waals surface area (Å²) in [4.78, 5) is 0. The molecule has 0 unspecified atom stereocenters. The van der Waals surface area contributed by atoms with Gasteiger partial charge in [-0.25, -0.2) is 0 Å². The molecule has 2 nitrogen and oxygen atoms in total. The number of aliphatic hydroxyl groups is 1. The molecule has 0 aliphatic rings. The molecule has 0 bridgehead atoms. The maximum absolute atomic E-state index is 10.3. The first-order valence-corrected chi connectivity index (χ1v) is 6.30. The van der Waals surface area contributed by atoms with Crippen molar-refractivity contribution < 1.29 is 9.84 Å². The van der Waals surface area contributed by atoms with Crippen LogP contribution in [-0.4, -0.2) is 10.6 Å². The molecule has 0 aromatic heterocycles. The van der Waals surface area contributed by atoms with E-state index in [2.05, 4.69) is 15.9 Å². The van der Waals surface area contributed by atoms with Gasteiger partial charge in [0.05, 0.1) is 5.60 Å². The number of rotatable bonds is 5. The molecule has 0 spiro atoms. The van der Waals surface area contributed by atoms with Gasteiger partial charge in [0.1, 0.15) is 11.3 Å². The number of hydrogen-bond donors (Lipinski definition) is 1. The summed E-state index contributed by atoms with van der Waals surface area (Å²) < 4.78 is 5.28. The van der Waals surface area contributed by atoms with Crippen LogP contribution in [0.5, 0.6) is 5.75 Å². The van der Waals surface area contributed by atoms with E-state index >= 15 is 0 Å². The van der Waals surface area contributed by atoms with E-state index in [9.17, 15) is 5.11 Å². The van der Waals surface area contributed by atoms with E-state index in [0.29, 0.717) is 5.52 Å². The minimum absolute atomic E-state index is 0.484. The molecule has 0 fully saturated rings. The van der Waals surface area contributed by atoms with Crippen molar-refractivity contribution in [3.63, 3.8) is 0 Å². The summed E-state index contributed by atoms with van der Waals surface area (Å²) >= 11 is 3.20. The fourth-order valence-electron chi connectivity index (χ4n) is 1.58. The second-order valence-corrected chi connectivity index (χ2v) is 3.97. The highest BCUT2D eigenvalue weighted by molar-refractivity contribution is 9.09. The highest BCUT2D eigenvalue weighted by Crippen LogP contribution is 2.29. The third kappa shape index (κ3) is 2.95. The summed E-state index contributed by atoms with van der Waals surface area (Å²) in [6, 6.07) is 7.61. The second kappa shape index (κ2) is 5.52. The molecular weight excluding hydrogens is 256 g/mol. The summed E-state index contributed by atoms with van der Waals surface area (Å²) in [5, 5.41) is 10.3. The van der Waals surface area contributed by atoms with Crippen molar-refractivity contribution in [2.75, 3.05) is 5.52 Å². The normalized spacial score (nSPS) is 11.5. The first-order chi connectivity index (χ1) is 7.16. The van der Waals surface area contributed by atoms with E-state index < -0.39 is 5.60 Å². The van der Waals surface area contributed by atoms with Gasteiger partial charge < -0.3 is 9.84 Å². The number of halogens is 1. The van der Waals surface area contributed by atoms with E-state index in [-0.39, 0.29) is 0 Å². The Hall–Kier alpha value is -0.540. The molecule has 0 saturated heterocycles. The molecule has 1 N–H and O–H groups in total. The molecular formula is C12H17BrO2. The molecule has 0 aliphatic carbocycles. The maximum atomic E-state index is 10.3. The molecule has 3 heteroatoms. The average Bonchev–Trinajstić information content (AvgIpc) is 2.29. The van der Waals surface area contributed by atoms with Crippen LogP contribution < -0.4 is 4.74 Å². The van der Waals surface area contributed by atoms with Gasteiger partial charge in [0.25, 0.3) is 0 Å². The third-order valence-corrected chi connectivity index (χ3v) is 3.01. The van der Waals surface area contributed by atoms with Crippen LogP contribution in [-0.2, 0) is 5.60 Å². The molecule has 0 aliphatic heterocycles. The van der Waals surface area contributed by atoms with Crippen LogP contribution in [0.25, 0.3) is 0 Å². The summed E-state index contributed by atoms with van der Waals surface area (Å²) in [5.74, 6) is 0.810. The molecule has 0 saturated carbocycles. The van der Waals surface area contributed by atoms with E-state index in [1.807, 2.05) is 38.1 Å². The molecule has 1 rings (SSSR count). The van der Waals surface area contributed by atoms with Gasteiger partial charge >= 0.3 is 0 Å². The van der Waals surface area contributed by atoms with Gasteiger partial charge in [-0.1, -0.05) is 26.0 Å². The van der Waals surface area contributed by atoms with Gasteiger partial charge in [-0.15, -0.1) is 0 Å². The molecule has 0 radical (unpaired) electrons. The van der Waals surface area contributed by atoms with E-state index in [1.54, 1.807) is 0 Å². The lowest BCUT2D eigenvalue weighted by Crippen LogP contribution is -2.23. The SMILES string of the molecule is CCC(O)(CC)c1ccc(OCBr)cc1. The Morgan fingerprint density at radius 3 is 2.13 bits per heavy atom. The first-order valence-electron chi connectivity index (χ1n) is 5.18. The van der Waals surface area contributed by atoms with Gasteiger partial charge in [-0.2, -0.15) is 0 Å². The highest BCUT2D eigenvalue weighted by Gasteiger charge is 2.24. The zero-order valence-corrected chi connectivity index (χ0v) is 10.8. The Kier molecular flexibility index (Phi) is 4.61. The van der Waals surface area contributed by atoms with Crippen LogP contribution in [0.15, 0.2) is 24.3 Å². The average molecular weight is 273 g/mol. The van der Waals surface area contributed by atoms with Crippen molar-refractivity contribution in [3.05, 3.63) is 29.8 Å². The van der Waals surface area contributed by atoms with E-state index in [1.165, 1.54) is 0 Å². The van der Waals surface area contributed by atoms with Crippen LogP contribution in [0.2, 0.25) is 0 Å². The lowest BCUT2D eigenvalue weighted by atomic mass is 9.89. The zero-order valence-electron chi connectivity index (χ0n) is 9.16. The van der Waals surface area contributed by atoms with Gasteiger partial charge in [0.2, 0.25) is 0 Å². The Morgan fingerprint density at radius 1 is 1.20 bits per heavy atom. The van der Waals surface area contributed by atoms with Gasteiger partial charge in [0.15, 0.2) is 0 Å². The number of hydrogen-bond acceptors (Lipinski definition) is 2. The van der Waals surface area contributed by atoms with E-state index in [0.717, 1.165) is 24.2 Å². The van der Waals surface area contributed by atoms with Crippen LogP contribution in [0.3, 0.4) is 0 Å². The quantitative estimate of drug-likeness (QED) is 0.833. The van der Waals surface area contributed by atoms with Crippen LogP contribution >= 0.6 is 15.9 Å². The smallest absolute Gasteiger partial charge is 0.143 e. The molecule has 15 heavy (non-hydrogen) atoms. The minimum Gasteiger partial charge on any atom is -0.482 e. The minimum atomic E-state index is -0.701. The van der Waals surface area contributed by atoms with Crippen molar-refractivity contribution in [1.29, 1.82) is 0 Å². The maximum Gasteiger partial charge on any atom is 0.143 e. The summed E-state index contributed by atoms with van der Waals surface area (Å²) in [7, 11) is 0. The van der Waals surface area contributed by atoms with Crippen LogP contribution in [0.1, 0.15) is 32.3 Å². The molecule has 0 amide bonds. The van der Waals surface area contributed by atoms with E-state index in [4.69, 9.17) is 4.74 Å². The predicted octanol–water partition coefficient (Wildman–Crippen LogP) is 3.43. The summed E-state index contributed by atoms with van der Waals surface area (Å²) in [6.07, 6.45) is 1.45. The fourth-order valence-corrected chi connectivity index (χ4v) is 1.85. The summed E-state index contributed by atoms with van der Waals surface area (Å²) in [5.41, 5.74) is 0.736. The predicted molar refractivity (Wildman–Crippen MR) is 65.3 cm³/mol. The Balaban J connectivity index is 2.87. The Morgan fingerprint density at radius 2 is 1.73 bits per heavy atom. The largest absolute Gasteiger partial charge is 0.482 e. The number of ether oxygens (including phenoxy) is 1. The van der Waals surface area contributed by atoms with Crippen molar-refractivity contribution in [3.8, 4) is 5.75 Å². The molecule has 0 heterocycles. The van der Waals surface area contributed by atoms with Gasteiger partial charge in [0, 0.05) is 0 Å². The van der Waals surface area contributed by atoms with Crippen molar-refractivity contribution >= 4 is 15.9 Å². The molecule has 1 aromatic carbocycles. The number of benzene rings is 1. The highest BCUT2D eigenvalue weighted by atomic mass is 79.9. The monoisotopic (exact) mass is 272 g/mol. The topological polar surface area (TPSA) is 29.5 Å². The molecule has 84 valence electrons. The molecule has 1 aromatic rings. The first kappa shape index (κ1) is 12.5. The van der Waals surface area contributed by atoms with Crippen LogP contribution in [0, 0.1) is 0 Å². The van der Waals surface area contributed by atoms with Crippen molar-refractivity contribution in [2.24, 2.45) is 0 Å². The summed E-state index contributed by atoms with van der Waals surface area (Å²) in [6.45, 7) is 3.98. The van der Waals surface area contributed by atoms with Gasteiger partial charge in [-0.05, 0) is 46.5 Å². The molecule has 0 atom stereocenters. The van der Waals surface area contributed by atoms with Crippen molar-refractivity contribution in [1.82, 2.24) is 0 Å².